The fraction of sp³-hybridized carbons (Fsp3) is 0.400. The number of aryl methyl sites for hydroxylation is 3. The molecule has 1 aliphatic rings. The lowest BCUT2D eigenvalue weighted by Crippen LogP contribution is -1.92. The van der Waals surface area contributed by atoms with Crippen molar-refractivity contribution in [3.8, 4) is 10.6 Å². The van der Waals surface area contributed by atoms with E-state index in [0.717, 1.165) is 56.9 Å². The Labute approximate surface area is 167 Å². The molecule has 27 heavy (non-hydrogen) atoms. The molecule has 0 radical (unpaired) electrons. The van der Waals surface area contributed by atoms with Gasteiger partial charge in [0.15, 0.2) is 5.13 Å². The van der Waals surface area contributed by atoms with E-state index in [4.69, 9.17) is 0 Å². The van der Waals surface area contributed by atoms with Gasteiger partial charge in [-0.25, -0.2) is 15.0 Å². The predicted molar refractivity (Wildman–Crippen MR) is 113 cm³/mol. The normalized spacial score (nSPS) is 13.9. The third-order valence-electron chi connectivity index (χ3n) is 4.38. The summed E-state index contributed by atoms with van der Waals surface area (Å²) in [7, 11) is 0. The van der Waals surface area contributed by atoms with Crippen LogP contribution in [0.5, 0.6) is 0 Å². The summed E-state index contributed by atoms with van der Waals surface area (Å²) in [4.78, 5) is 24.5. The number of anilines is 2. The van der Waals surface area contributed by atoms with Crippen LogP contribution >= 0.6 is 22.7 Å². The Morgan fingerprint density at radius 1 is 1.15 bits per heavy atom. The zero-order valence-corrected chi connectivity index (χ0v) is 17.5. The summed E-state index contributed by atoms with van der Waals surface area (Å²) in [6.07, 6.45) is 7.75. The van der Waals surface area contributed by atoms with Crippen molar-refractivity contribution in [2.75, 3.05) is 5.32 Å². The van der Waals surface area contributed by atoms with Crippen molar-refractivity contribution in [1.82, 2.24) is 15.0 Å². The van der Waals surface area contributed by atoms with Gasteiger partial charge in [-0.15, -0.1) is 22.7 Å². The zero-order chi connectivity index (χ0) is 19.2. The summed E-state index contributed by atoms with van der Waals surface area (Å²) < 4.78 is 0. The van der Waals surface area contributed by atoms with Crippen molar-refractivity contribution in [2.45, 2.75) is 46.5 Å². The van der Waals surface area contributed by atoms with E-state index in [2.05, 4.69) is 25.6 Å². The molecule has 0 spiro atoms. The summed E-state index contributed by atoms with van der Waals surface area (Å²) in [5.41, 5.74) is 3.16. The number of aromatic nitrogens is 3. The Bertz CT molecular complexity index is 880. The highest BCUT2D eigenvalue weighted by atomic mass is 32.1. The molecule has 0 aromatic carbocycles. The third-order valence-corrected chi connectivity index (χ3v) is 6.23. The molecule has 3 aromatic rings. The van der Waals surface area contributed by atoms with E-state index in [-0.39, 0.29) is 0 Å². The van der Waals surface area contributed by atoms with Gasteiger partial charge in [0.25, 0.3) is 0 Å². The van der Waals surface area contributed by atoms with Crippen molar-refractivity contribution >= 4 is 39.9 Å². The third kappa shape index (κ3) is 5.43. The fourth-order valence-electron chi connectivity index (χ4n) is 2.95. The number of hydrogen-bond donors (Lipinski definition) is 1. The monoisotopic (exact) mass is 400 g/mol. The van der Waals surface area contributed by atoms with Crippen LogP contribution in [0.1, 0.15) is 41.9 Å². The van der Waals surface area contributed by atoms with E-state index in [1.807, 2.05) is 39.1 Å². The second-order valence-electron chi connectivity index (χ2n) is 6.71. The van der Waals surface area contributed by atoms with Crippen molar-refractivity contribution in [1.29, 1.82) is 0 Å². The molecule has 0 bridgehead atoms. The van der Waals surface area contributed by atoms with E-state index in [1.165, 1.54) is 12.8 Å². The lowest BCUT2D eigenvalue weighted by molar-refractivity contribution is -0.110. The Morgan fingerprint density at radius 2 is 1.93 bits per heavy atom. The number of rotatable bonds is 4. The molecule has 0 aliphatic heterocycles. The molecule has 1 fully saturated rings. The molecular formula is C20H24N4OS2. The number of nitrogens with zero attached hydrogens (tertiary/aromatic N) is 3. The Hall–Kier alpha value is -2.12. The summed E-state index contributed by atoms with van der Waals surface area (Å²) in [5, 5.41) is 7.20. The second kappa shape index (κ2) is 9.19. The molecule has 7 heteroatoms. The van der Waals surface area contributed by atoms with Crippen LogP contribution in [0, 0.1) is 26.7 Å². The molecule has 3 aromatic heterocycles. The van der Waals surface area contributed by atoms with E-state index >= 15 is 0 Å². The van der Waals surface area contributed by atoms with Gasteiger partial charge in [0.05, 0.1) is 21.3 Å². The summed E-state index contributed by atoms with van der Waals surface area (Å²) in [6, 6.07) is 3.99. The van der Waals surface area contributed by atoms with Crippen LogP contribution in [0.15, 0.2) is 23.7 Å². The number of aldehydes is 1. The van der Waals surface area contributed by atoms with Crippen LogP contribution in [0.4, 0.5) is 10.9 Å². The lowest BCUT2D eigenvalue weighted by Gasteiger charge is -2.01. The van der Waals surface area contributed by atoms with Crippen molar-refractivity contribution < 1.29 is 4.79 Å². The number of hydrogen-bond acceptors (Lipinski definition) is 7. The molecule has 0 unspecified atom stereocenters. The van der Waals surface area contributed by atoms with Crippen LogP contribution in [-0.4, -0.2) is 21.2 Å². The highest BCUT2D eigenvalue weighted by Crippen LogP contribution is 2.32. The highest BCUT2D eigenvalue weighted by Gasteiger charge is 2.12. The molecule has 1 N–H and O–H groups in total. The first-order valence-electron chi connectivity index (χ1n) is 9.10. The van der Waals surface area contributed by atoms with Crippen LogP contribution in [0.3, 0.4) is 0 Å². The topological polar surface area (TPSA) is 67.8 Å². The number of pyridine rings is 1. The van der Waals surface area contributed by atoms with Crippen molar-refractivity contribution in [3.63, 3.8) is 0 Å². The maximum Gasteiger partial charge on any atom is 0.188 e. The average molecular weight is 401 g/mol. The van der Waals surface area contributed by atoms with E-state index in [0.29, 0.717) is 5.92 Å². The van der Waals surface area contributed by atoms with Gasteiger partial charge in [-0.05, 0) is 45.2 Å². The van der Waals surface area contributed by atoms with Crippen LogP contribution in [-0.2, 0) is 4.79 Å². The minimum atomic E-state index is 0.417. The lowest BCUT2D eigenvalue weighted by atomic mass is 10.1. The van der Waals surface area contributed by atoms with Gasteiger partial charge in [-0.3, -0.25) is 0 Å². The first-order valence-corrected chi connectivity index (χ1v) is 10.8. The molecule has 142 valence electrons. The van der Waals surface area contributed by atoms with Crippen LogP contribution in [0.25, 0.3) is 10.6 Å². The summed E-state index contributed by atoms with van der Waals surface area (Å²) in [6.45, 7) is 6.06. The zero-order valence-electron chi connectivity index (χ0n) is 15.9. The molecule has 0 atom stereocenters. The molecular weight excluding hydrogens is 376 g/mol. The van der Waals surface area contributed by atoms with Gasteiger partial charge in [-0.1, -0.05) is 18.9 Å². The quantitative estimate of drug-likeness (QED) is 0.568. The average Bonchev–Trinajstić information content (AvgIpc) is 3.39. The van der Waals surface area contributed by atoms with Crippen molar-refractivity contribution in [2.24, 2.45) is 5.92 Å². The standard InChI is InChI=1S/C14H14N4S2.C6H10O/c1-8-4-5-12(15-6-8)18-14-17-11(7-19-14)13-9(2)16-10(3)20-13;7-5-6-3-1-2-4-6/h4-7H,1-3H3,(H,15,17,18);5-6H,1-4H2. The van der Waals surface area contributed by atoms with Crippen LogP contribution < -0.4 is 5.32 Å². The van der Waals surface area contributed by atoms with Gasteiger partial charge in [0, 0.05) is 17.5 Å². The SMILES string of the molecule is Cc1ccc(Nc2nc(-c3sc(C)nc3C)cs2)nc1.O=CC1CCCC1. The van der Waals surface area contributed by atoms with Gasteiger partial charge >= 0.3 is 0 Å². The van der Waals surface area contributed by atoms with E-state index in [9.17, 15) is 4.79 Å². The van der Waals surface area contributed by atoms with Gasteiger partial charge in [-0.2, -0.15) is 0 Å². The molecule has 4 rings (SSSR count). The maximum atomic E-state index is 10.0. The highest BCUT2D eigenvalue weighted by molar-refractivity contribution is 7.16. The smallest absolute Gasteiger partial charge is 0.188 e. The summed E-state index contributed by atoms with van der Waals surface area (Å²) >= 11 is 3.26. The number of carbonyl (C=O) groups excluding carboxylic acids is 1. The summed E-state index contributed by atoms with van der Waals surface area (Å²) in [5.74, 6) is 1.23. The van der Waals surface area contributed by atoms with Gasteiger partial charge in [0.1, 0.15) is 12.1 Å². The minimum Gasteiger partial charge on any atom is -0.316 e. The first-order chi connectivity index (χ1) is 13.0. The molecule has 5 nitrogen and oxygen atoms in total. The molecule has 1 saturated carbocycles. The Balaban J connectivity index is 0.000000253. The molecule has 3 heterocycles. The molecule has 0 amide bonds. The maximum absolute atomic E-state index is 10.0. The van der Waals surface area contributed by atoms with E-state index in [1.54, 1.807) is 22.7 Å². The molecule has 1 aliphatic carbocycles. The fourth-order valence-corrected chi connectivity index (χ4v) is 4.61. The van der Waals surface area contributed by atoms with Gasteiger partial charge in [0.2, 0.25) is 0 Å². The second-order valence-corrected chi connectivity index (χ2v) is 8.77. The minimum absolute atomic E-state index is 0.417. The first kappa shape index (κ1) is 19.6. The van der Waals surface area contributed by atoms with Crippen molar-refractivity contribution in [3.05, 3.63) is 40.0 Å². The van der Waals surface area contributed by atoms with E-state index < -0.39 is 0 Å². The predicted octanol–water partition coefficient (Wildman–Crippen LogP) is 5.71. The Morgan fingerprint density at radius 3 is 2.48 bits per heavy atom. The Kier molecular flexibility index (Phi) is 6.68. The molecule has 0 saturated heterocycles. The number of nitrogens with one attached hydrogen (secondary N) is 1. The number of thiazole rings is 2. The van der Waals surface area contributed by atoms with Gasteiger partial charge < -0.3 is 10.1 Å². The number of carbonyl (C=O) groups is 1. The van der Waals surface area contributed by atoms with Crippen LogP contribution in [0.2, 0.25) is 0 Å². The largest absolute Gasteiger partial charge is 0.316 e.